The Morgan fingerprint density at radius 2 is 1.43 bits per heavy atom. The maximum Gasteiger partial charge on any atom is 0.244 e. The van der Waals surface area contributed by atoms with Crippen molar-refractivity contribution < 1.29 is 9.59 Å². The number of rotatable bonds is 4. The molecule has 0 aromatic rings. The molecule has 5 fully saturated rings. The summed E-state index contributed by atoms with van der Waals surface area (Å²) < 4.78 is 0. The first-order valence-electron chi connectivity index (χ1n) is 9.72. The standard InChI is InChI=1S/C19H30N2O2/c22-17(6-5-13-3-1-2-4-13)20-21-18(23)19-10-14-7-15(11-19)9-16(8-14)12-19/h13-16H,1-12H2,(H,20,22)(H,21,23). The smallest absolute Gasteiger partial charge is 0.244 e. The first-order chi connectivity index (χ1) is 11.1. The molecule has 23 heavy (non-hydrogen) atoms. The van der Waals surface area contributed by atoms with Crippen LogP contribution in [0.5, 0.6) is 0 Å². The second kappa shape index (κ2) is 6.10. The van der Waals surface area contributed by atoms with Gasteiger partial charge < -0.3 is 0 Å². The van der Waals surface area contributed by atoms with Gasteiger partial charge in [0.15, 0.2) is 0 Å². The minimum atomic E-state index is -0.173. The molecule has 4 heteroatoms. The molecule has 5 aliphatic carbocycles. The van der Waals surface area contributed by atoms with Crippen molar-refractivity contribution in [2.75, 3.05) is 0 Å². The van der Waals surface area contributed by atoms with E-state index in [9.17, 15) is 9.59 Å². The van der Waals surface area contributed by atoms with Crippen molar-refractivity contribution in [1.29, 1.82) is 0 Å². The molecule has 0 aromatic heterocycles. The van der Waals surface area contributed by atoms with Crippen molar-refractivity contribution in [2.24, 2.45) is 29.1 Å². The highest BCUT2D eigenvalue weighted by Crippen LogP contribution is 2.60. The predicted molar refractivity (Wildman–Crippen MR) is 88.1 cm³/mol. The van der Waals surface area contributed by atoms with Crippen LogP contribution in [-0.4, -0.2) is 11.8 Å². The van der Waals surface area contributed by atoms with Crippen molar-refractivity contribution in [2.45, 2.75) is 77.0 Å². The number of nitrogens with one attached hydrogen (secondary N) is 2. The maximum atomic E-state index is 12.7. The number of amides is 2. The van der Waals surface area contributed by atoms with E-state index in [-0.39, 0.29) is 17.2 Å². The van der Waals surface area contributed by atoms with Gasteiger partial charge in [-0.2, -0.15) is 0 Å². The van der Waals surface area contributed by atoms with Gasteiger partial charge in [0.1, 0.15) is 0 Å². The van der Waals surface area contributed by atoms with Crippen molar-refractivity contribution >= 4 is 11.8 Å². The van der Waals surface area contributed by atoms with Crippen LogP contribution in [0.25, 0.3) is 0 Å². The molecule has 0 heterocycles. The van der Waals surface area contributed by atoms with Crippen LogP contribution in [0.3, 0.4) is 0 Å². The molecule has 0 radical (unpaired) electrons. The fourth-order valence-electron chi connectivity index (χ4n) is 6.34. The number of carbonyl (C=O) groups is 2. The third-order valence-corrected chi connectivity index (χ3v) is 7.09. The second-order valence-corrected chi connectivity index (χ2v) is 8.89. The Morgan fingerprint density at radius 3 is 2.00 bits per heavy atom. The quantitative estimate of drug-likeness (QED) is 0.781. The molecule has 0 atom stereocenters. The predicted octanol–water partition coefficient (Wildman–Crippen LogP) is 3.32. The van der Waals surface area contributed by atoms with E-state index in [4.69, 9.17) is 0 Å². The Kier molecular flexibility index (Phi) is 4.10. The minimum absolute atomic E-state index is 0.0185. The molecule has 5 rings (SSSR count). The Balaban J connectivity index is 1.26. The first kappa shape index (κ1) is 15.5. The summed E-state index contributed by atoms with van der Waals surface area (Å²) >= 11 is 0. The number of hydrazine groups is 1. The Hall–Kier alpha value is -1.06. The molecule has 0 aromatic carbocycles. The highest BCUT2D eigenvalue weighted by atomic mass is 16.2. The lowest BCUT2D eigenvalue weighted by atomic mass is 9.49. The molecule has 0 aliphatic heterocycles. The first-order valence-corrected chi connectivity index (χ1v) is 9.72. The molecule has 2 N–H and O–H groups in total. The van der Waals surface area contributed by atoms with Crippen LogP contribution in [0.2, 0.25) is 0 Å². The van der Waals surface area contributed by atoms with E-state index in [1.54, 1.807) is 0 Å². The number of hydrogen-bond donors (Lipinski definition) is 2. The molecule has 4 nitrogen and oxygen atoms in total. The van der Waals surface area contributed by atoms with Gasteiger partial charge >= 0.3 is 0 Å². The average molecular weight is 318 g/mol. The summed E-state index contributed by atoms with van der Waals surface area (Å²) in [7, 11) is 0. The van der Waals surface area contributed by atoms with Gasteiger partial charge in [0.2, 0.25) is 11.8 Å². The van der Waals surface area contributed by atoms with Gasteiger partial charge in [0.25, 0.3) is 0 Å². The third-order valence-electron chi connectivity index (χ3n) is 7.09. The highest BCUT2D eigenvalue weighted by Gasteiger charge is 2.54. The topological polar surface area (TPSA) is 58.2 Å². The van der Waals surface area contributed by atoms with Crippen LogP contribution in [0.4, 0.5) is 0 Å². The minimum Gasteiger partial charge on any atom is -0.273 e. The summed E-state index contributed by atoms with van der Waals surface area (Å²) in [6.45, 7) is 0. The van der Waals surface area contributed by atoms with Crippen LogP contribution < -0.4 is 10.9 Å². The van der Waals surface area contributed by atoms with Crippen molar-refractivity contribution in [1.82, 2.24) is 10.9 Å². The summed E-state index contributed by atoms with van der Waals surface area (Å²) in [5.41, 5.74) is 5.30. The molecule has 2 amide bonds. The number of hydrogen-bond acceptors (Lipinski definition) is 2. The van der Waals surface area contributed by atoms with E-state index in [1.807, 2.05) is 0 Å². The largest absolute Gasteiger partial charge is 0.273 e. The van der Waals surface area contributed by atoms with Gasteiger partial charge in [-0.3, -0.25) is 20.4 Å². The highest BCUT2D eigenvalue weighted by molar-refractivity contribution is 5.86. The zero-order valence-corrected chi connectivity index (χ0v) is 14.1. The summed E-state index contributed by atoms with van der Waals surface area (Å²) in [6, 6.07) is 0. The van der Waals surface area contributed by atoms with Gasteiger partial charge in [0.05, 0.1) is 5.41 Å². The van der Waals surface area contributed by atoms with Crippen LogP contribution in [0, 0.1) is 29.1 Å². The Labute approximate surface area is 139 Å². The van der Waals surface area contributed by atoms with Crippen LogP contribution >= 0.6 is 0 Å². The average Bonchev–Trinajstić information content (AvgIpc) is 3.02. The third kappa shape index (κ3) is 3.14. The summed E-state index contributed by atoms with van der Waals surface area (Å²) in [5, 5.41) is 0. The SMILES string of the molecule is O=C(CCC1CCCC1)NNC(=O)C12CC3CC(CC(C3)C1)C2. The lowest BCUT2D eigenvalue weighted by molar-refractivity contribution is -0.148. The lowest BCUT2D eigenvalue weighted by Gasteiger charge is -2.55. The molecular formula is C19H30N2O2. The zero-order valence-electron chi connectivity index (χ0n) is 14.1. The van der Waals surface area contributed by atoms with Crippen molar-refractivity contribution in [3.8, 4) is 0 Å². The van der Waals surface area contributed by atoms with Crippen molar-refractivity contribution in [3.63, 3.8) is 0 Å². The molecule has 0 saturated heterocycles. The summed E-state index contributed by atoms with van der Waals surface area (Å²) in [4.78, 5) is 24.7. The van der Waals surface area contributed by atoms with Gasteiger partial charge in [-0.1, -0.05) is 25.7 Å². The van der Waals surface area contributed by atoms with E-state index in [2.05, 4.69) is 10.9 Å². The van der Waals surface area contributed by atoms with E-state index in [0.717, 1.165) is 49.4 Å². The van der Waals surface area contributed by atoms with E-state index in [1.165, 1.54) is 44.9 Å². The number of carbonyl (C=O) groups excluding carboxylic acids is 2. The van der Waals surface area contributed by atoms with E-state index < -0.39 is 0 Å². The van der Waals surface area contributed by atoms with Crippen LogP contribution in [0.1, 0.15) is 77.0 Å². The fourth-order valence-corrected chi connectivity index (χ4v) is 6.34. The van der Waals surface area contributed by atoms with Gasteiger partial charge in [-0.05, 0) is 68.6 Å². The van der Waals surface area contributed by atoms with Crippen molar-refractivity contribution in [3.05, 3.63) is 0 Å². The monoisotopic (exact) mass is 318 g/mol. The molecule has 4 bridgehead atoms. The fraction of sp³-hybridized carbons (Fsp3) is 0.895. The normalized spacial score (nSPS) is 38.7. The summed E-state index contributed by atoms with van der Waals surface area (Å²) in [5.74, 6) is 3.06. The Bertz CT molecular complexity index is 446. The Morgan fingerprint density at radius 1 is 0.870 bits per heavy atom. The van der Waals surface area contributed by atoms with Crippen LogP contribution in [0.15, 0.2) is 0 Å². The van der Waals surface area contributed by atoms with Gasteiger partial charge in [-0.25, -0.2) is 0 Å². The molecule has 0 unspecified atom stereocenters. The molecular weight excluding hydrogens is 288 g/mol. The molecule has 5 aliphatic rings. The van der Waals surface area contributed by atoms with E-state index >= 15 is 0 Å². The lowest BCUT2D eigenvalue weighted by Crippen LogP contribution is -2.56. The zero-order chi connectivity index (χ0) is 15.9. The molecule has 0 spiro atoms. The van der Waals surface area contributed by atoms with Gasteiger partial charge in [0, 0.05) is 6.42 Å². The summed E-state index contributed by atoms with van der Waals surface area (Å²) in [6.07, 6.45) is 13.8. The molecule has 128 valence electrons. The van der Waals surface area contributed by atoms with E-state index in [0.29, 0.717) is 6.42 Å². The van der Waals surface area contributed by atoms with Gasteiger partial charge in [-0.15, -0.1) is 0 Å². The van der Waals surface area contributed by atoms with Crippen LogP contribution in [-0.2, 0) is 9.59 Å². The molecule has 5 saturated carbocycles. The second-order valence-electron chi connectivity index (χ2n) is 8.89. The maximum absolute atomic E-state index is 12.7.